The normalized spacial score (nSPS) is 13.7. The highest BCUT2D eigenvalue weighted by molar-refractivity contribution is 7.91. The van der Waals surface area contributed by atoms with E-state index in [1.54, 1.807) is 0 Å². The molecule has 7 nitrogen and oxygen atoms in total. The fourth-order valence-electron chi connectivity index (χ4n) is 3.41. The molecule has 3 heterocycles. The number of benzene rings is 1. The Morgan fingerprint density at radius 3 is 2.29 bits per heavy atom. The molecule has 188 valence electrons. The van der Waals surface area contributed by atoms with Crippen LogP contribution < -0.4 is 0 Å². The molecule has 1 aromatic carbocycles. The van der Waals surface area contributed by atoms with Gasteiger partial charge < -0.3 is 0 Å². The number of rotatable bonds is 6. The van der Waals surface area contributed by atoms with Crippen molar-refractivity contribution in [2.75, 3.05) is 5.75 Å². The van der Waals surface area contributed by atoms with Crippen LogP contribution in [0.15, 0.2) is 41.7 Å². The molecular formula is C20H16F7N5O2S. The molecule has 15 heteroatoms. The highest BCUT2D eigenvalue weighted by Gasteiger charge is 2.57. The molecule has 0 N–H and O–H groups in total. The lowest BCUT2D eigenvalue weighted by atomic mass is 10.1. The van der Waals surface area contributed by atoms with Gasteiger partial charge in [0.15, 0.2) is 20.7 Å². The quantitative estimate of drug-likeness (QED) is 0.337. The second kappa shape index (κ2) is 7.90. The van der Waals surface area contributed by atoms with Gasteiger partial charge in [0.2, 0.25) is 0 Å². The van der Waals surface area contributed by atoms with Crippen LogP contribution in [0.2, 0.25) is 0 Å². The van der Waals surface area contributed by atoms with Crippen molar-refractivity contribution in [1.82, 2.24) is 24.5 Å². The van der Waals surface area contributed by atoms with Gasteiger partial charge in [0, 0.05) is 23.3 Å². The maximum Gasteiger partial charge on any atom is 0.455 e. The Kier molecular flexibility index (Phi) is 5.61. The lowest BCUT2D eigenvalue weighted by molar-refractivity contribution is -0.287. The van der Waals surface area contributed by atoms with Crippen LogP contribution in [-0.2, 0) is 22.3 Å². The fourth-order valence-corrected chi connectivity index (χ4v) is 4.59. The number of fused-ring (bicyclic) bond motifs is 2. The number of alkyl halides is 7. The average Bonchev–Trinajstić information content (AvgIpc) is 3.33. The monoisotopic (exact) mass is 523 g/mol. The van der Waals surface area contributed by atoms with E-state index in [1.165, 1.54) is 19.1 Å². The van der Waals surface area contributed by atoms with Gasteiger partial charge in [-0.25, -0.2) is 26.9 Å². The van der Waals surface area contributed by atoms with Crippen LogP contribution in [0.3, 0.4) is 0 Å². The third-order valence-corrected chi connectivity index (χ3v) is 7.05. The number of pyridine rings is 1. The Labute approximate surface area is 193 Å². The Hall–Kier alpha value is -3.23. The summed E-state index contributed by atoms with van der Waals surface area (Å²) in [7, 11) is -3.97. The minimum absolute atomic E-state index is 0.0570. The minimum atomic E-state index is -5.79. The van der Waals surface area contributed by atoms with Gasteiger partial charge in [0.05, 0.1) is 29.2 Å². The molecule has 0 saturated carbocycles. The molecule has 4 rings (SSSR count). The fraction of sp³-hybridized carbons (Fsp3) is 0.350. The maximum atomic E-state index is 13.8. The van der Waals surface area contributed by atoms with Crippen molar-refractivity contribution in [2.45, 2.75) is 43.4 Å². The molecule has 0 saturated heterocycles. The van der Waals surface area contributed by atoms with Crippen LogP contribution in [-0.4, -0.2) is 50.8 Å². The van der Waals surface area contributed by atoms with E-state index < -0.39 is 40.0 Å². The van der Waals surface area contributed by atoms with E-state index in [4.69, 9.17) is 0 Å². The molecule has 0 unspecified atom stereocenters. The first-order valence-electron chi connectivity index (χ1n) is 9.95. The number of nitrogens with zero attached hydrogens (tertiary/aromatic N) is 5. The zero-order valence-corrected chi connectivity index (χ0v) is 18.8. The van der Waals surface area contributed by atoms with Gasteiger partial charge in [-0.15, -0.1) is 0 Å². The Morgan fingerprint density at radius 1 is 1.00 bits per heavy atom. The van der Waals surface area contributed by atoms with Crippen LogP contribution in [0, 0.1) is 0 Å². The van der Waals surface area contributed by atoms with E-state index in [-0.39, 0.29) is 38.4 Å². The highest BCUT2D eigenvalue weighted by atomic mass is 32.2. The molecule has 0 atom stereocenters. The van der Waals surface area contributed by atoms with E-state index in [2.05, 4.69) is 15.2 Å². The summed E-state index contributed by atoms with van der Waals surface area (Å²) in [5, 5.41) is 7.49. The largest absolute Gasteiger partial charge is 0.455 e. The number of hydrogen-bond acceptors (Lipinski definition) is 5. The molecule has 0 aliphatic carbocycles. The van der Waals surface area contributed by atoms with E-state index in [0.29, 0.717) is 11.6 Å². The summed E-state index contributed by atoms with van der Waals surface area (Å²) in [5.74, 6) is -8.75. The molecule has 3 aromatic heterocycles. The third-order valence-electron chi connectivity index (χ3n) is 5.30. The maximum absolute atomic E-state index is 13.8. The molecule has 0 aliphatic heterocycles. The standard InChI is InChI=1S/C20H16F7N5O2S/c1-3-35(33,34)17-13-5-4-12(18(2,21)22)7-14(13)30-32(17)16-6-11-8-29-31(15(11)9-28-16)10-19(23,24)20(25,26)27/h4-9H,3,10H2,1-2H3. The van der Waals surface area contributed by atoms with Gasteiger partial charge in [-0.3, -0.25) is 4.68 Å². The molecule has 0 spiro atoms. The molecule has 4 aromatic rings. The summed E-state index contributed by atoms with van der Waals surface area (Å²) in [6.45, 7) is 0.259. The van der Waals surface area contributed by atoms with Crippen molar-refractivity contribution in [3.8, 4) is 5.82 Å². The summed E-state index contributed by atoms with van der Waals surface area (Å²) >= 11 is 0. The predicted molar refractivity (Wildman–Crippen MR) is 110 cm³/mol. The van der Waals surface area contributed by atoms with Crippen molar-refractivity contribution >= 4 is 31.6 Å². The third kappa shape index (κ3) is 4.32. The number of aromatic nitrogens is 5. The molecule has 0 bridgehead atoms. The van der Waals surface area contributed by atoms with Gasteiger partial charge in [0.25, 0.3) is 5.92 Å². The lowest BCUT2D eigenvalue weighted by Crippen LogP contribution is -2.40. The predicted octanol–water partition coefficient (Wildman–Crippen LogP) is 4.87. The van der Waals surface area contributed by atoms with Gasteiger partial charge >= 0.3 is 12.1 Å². The van der Waals surface area contributed by atoms with Gasteiger partial charge in [0.1, 0.15) is 6.54 Å². The highest BCUT2D eigenvalue weighted by Crippen LogP contribution is 2.37. The number of hydrogen-bond donors (Lipinski definition) is 0. The zero-order valence-electron chi connectivity index (χ0n) is 18.0. The van der Waals surface area contributed by atoms with Crippen molar-refractivity contribution in [3.05, 3.63) is 42.2 Å². The van der Waals surface area contributed by atoms with Crippen molar-refractivity contribution in [1.29, 1.82) is 0 Å². The van der Waals surface area contributed by atoms with Crippen molar-refractivity contribution < 1.29 is 39.2 Å². The molecule has 0 radical (unpaired) electrons. The van der Waals surface area contributed by atoms with Crippen LogP contribution in [0.1, 0.15) is 19.4 Å². The van der Waals surface area contributed by atoms with E-state index in [9.17, 15) is 39.2 Å². The Morgan fingerprint density at radius 2 is 1.69 bits per heavy atom. The topological polar surface area (TPSA) is 82.7 Å². The van der Waals surface area contributed by atoms with E-state index in [1.807, 2.05) is 0 Å². The van der Waals surface area contributed by atoms with Crippen molar-refractivity contribution in [3.63, 3.8) is 0 Å². The Bertz CT molecular complexity index is 1540. The minimum Gasteiger partial charge on any atom is -0.257 e. The Balaban J connectivity index is 1.87. The summed E-state index contributed by atoms with van der Waals surface area (Å²) in [4.78, 5) is 3.98. The van der Waals surface area contributed by atoms with Gasteiger partial charge in [-0.05, 0) is 18.2 Å². The van der Waals surface area contributed by atoms with Crippen molar-refractivity contribution in [2.24, 2.45) is 0 Å². The first kappa shape index (κ1) is 24.9. The lowest BCUT2D eigenvalue weighted by Gasteiger charge is -2.19. The van der Waals surface area contributed by atoms with Crippen LogP contribution in [0.5, 0.6) is 0 Å². The summed E-state index contributed by atoms with van der Waals surface area (Å²) in [6, 6.07) is 4.51. The van der Waals surface area contributed by atoms with Gasteiger partial charge in [-0.2, -0.15) is 32.1 Å². The molecular weight excluding hydrogens is 507 g/mol. The number of halogens is 7. The first-order chi connectivity index (χ1) is 16.0. The van der Waals surface area contributed by atoms with E-state index in [0.717, 1.165) is 29.2 Å². The average molecular weight is 523 g/mol. The molecule has 0 aliphatic rings. The van der Waals surface area contributed by atoms with Gasteiger partial charge in [-0.1, -0.05) is 13.0 Å². The molecule has 0 fully saturated rings. The van der Waals surface area contributed by atoms with E-state index >= 15 is 0 Å². The molecule has 35 heavy (non-hydrogen) atoms. The smallest absolute Gasteiger partial charge is 0.257 e. The molecule has 0 amide bonds. The van der Waals surface area contributed by atoms with Crippen LogP contribution >= 0.6 is 0 Å². The van der Waals surface area contributed by atoms with Crippen LogP contribution in [0.4, 0.5) is 30.7 Å². The number of sulfone groups is 1. The first-order valence-corrected chi connectivity index (χ1v) is 11.6. The van der Waals surface area contributed by atoms with Crippen LogP contribution in [0.25, 0.3) is 27.6 Å². The second-order valence-corrected chi connectivity index (χ2v) is 10.0. The SMILES string of the molecule is CCS(=O)(=O)c1c2ccc(C(C)(F)F)cc2nn1-c1cc2cnn(CC(F)(F)C(F)(F)F)c2cn1. The summed E-state index contributed by atoms with van der Waals surface area (Å²) < 4.78 is 119. The zero-order chi connectivity index (χ0) is 26.0. The summed E-state index contributed by atoms with van der Waals surface area (Å²) in [5.41, 5.74) is -0.619. The summed E-state index contributed by atoms with van der Waals surface area (Å²) in [6.07, 6.45) is -3.82. The second-order valence-electron chi connectivity index (χ2n) is 7.85.